The Morgan fingerprint density at radius 1 is 1.17 bits per heavy atom. The van der Waals surface area contributed by atoms with Gasteiger partial charge in [0.05, 0.1) is 0 Å². The molecule has 0 bridgehead atoms. The maximum Gasteiger partial charge on any atom is 0.231 e. The Balaban J connectivity index is 1.81. The molecular weight excluding hydrogens is 234 g/mol. The lowest BCUT2D eigenvalue weighted by atomic mass is 10.3. The molecule has 0 saturated heterocycles. The van der Waals surface area contributed by atoms with Crippen LogP contribution in [0.25, 0.3) is 0 Å². The van der Waals surface area contributed by atoms with Gasteiger partial charge >= 0.3 is 0 Å². The van der Waals surface area contributed by atoms with E-state index in [4.69, 9.17) is 14.2 Å². The van der Waals surface area contributed by atoms with Crippen molar-refractivity contribution in [3.63, 3.8) is 0 Å². The first-order valence-corrected chi connectivity index (χ1v) is 5.34. The van der Waals surface area contributed by atoms with E-state index in [1.165, 1.54) is 6.20 Å². The van der Waals surface area contributed by atoms with Crippen LogP contribution in [0.3, 0.4) is 0 Å². The van der Waals surface area contributed by atoms with Gasteiger partial charge in [-0.25, -0.2) is 4.98 Å². The van der Waals surface area contributed by atoms with Gasteiger partial charge in [0, 0.05) is 23.9 Å². The lowest BCUT2D eigenvalue weighted by Gasteiger charge is -2.05. The lowest BCUT2D eigenvalue weighted by molar-refractivity contribution is 0.112. The predicted molar refractivity (Wildman–Crippen MR) is 62.3 cm³/mol. The molecule has 0 aliphatic carbocycles. The molecule has 0 fully saturated rings. The second-order valence-corrected chi connectivity index (χ2v) is 3.66. The molecule has 5 nitrogen and oxygen atoms in total. The van der Waals surface area contributed by atoms with E-state index in [-0.39, 0.29) is 6.79 Å². The average Bonchev–Trinajstić information content (AvgIpc) is 2.87. The molecule has 90 valence electrons. The SMILES string of the molecule is O=Cc1ccc(Oc2ccc3c(c2)OCO3)nc1. The van der Waals surface area contributed by atoms with Crippen molar-refractivity contribution < 1.29 is 19.0 Å². The second kappa shape index (κ2) is 4.37. The van der Waals surface area contributed by atoms with Gasteiger partial charge in [0.15, 0.2) is 17.8 Å². The van der Waals surface area contributed by atoms with Gasteiger partial charge < -0.3 is 14.2 Å². The third-order valence-electron chi connectivity index (χ3n) is 2.46. The van der Waals surface area contributed by atoms with Crippen LogP contribution in [-0.2, 0) is 0 Å². The first-order valence-electron chi connectivity index (χ1n) is 5.34. The maximum atomic E-state index is 10.5. The number of aldehydes is 1. The first kappa shape index (κ1) is 10.6. The molecule has 2 heterocycles. The van der Waals surface area contributed by atoms with Gasteiger partial charge in [-0.15, -0.1) is 0 Å². The zero-order valence-electron chi connectivity index (χ0n) is 9.33. The molecule has 0 amide bonds. The molecule has 1 aromatic carbocycles. The molecule has 1 aliphatic rings. The number of rotatable bonds is 3. The van der Waals surface area contributed by atoms with E-state index >= 15 is 0 Å². The zero-order valence-corrected chi connectivity index (χ0v) is 9.33. The monoisotopic (exact) mass is 243 g/mol. The zero-order chi connectivity index (χ0) is 12.4. The van der Waals surface area contributed by atoms with E-state index in [9.17, 15) is 4.79 Å². The fourth-order valence-corrected chi connectivity index (χ4v) is 1.58. The van der Waals surface area contributed by atoms with Gasteiger partial charge in [-0.1, -0.05) is 0 Å². The summed E-state index contributed by atoms with van der Waals surface area (Å²) < 4.78 is 16.0. The molecule has 2 aromatic rings. The van der Waals surface area contributed by atoms with E-state index in [0.29, 0.717) is 28.7 Å². The van der Waals surface area contributed by atoms with Crippen LogP contribution in [0.1, 0.15) is 10.4 Å². The summed E-state index contributed by atoms with van der Waals surface area (Å²) in [6, 6.07) is 8.55. The highest BCUT2D eigenvalue weighted by molar-refractivity contribution is 5.74. The standard InChI is InChI=1S/C13H9NO4/c15-7-9-1-4-13(14-6-9)18-10-2-3-11-12(5-10)17-8-16-11/h1-7H,8H2. The predicted octanol–water partition coefficient (Wildman–Crippen LogP) is 2.42. The minimum Gasteiger partial charge on any atom is -0.454 e. The average molecular weight is 243 g/mol. The Kier molecular flexibility index (Phi) is 2.57. The molecule has 0 N–H and O–H groups in total. The molecule has 0 unspecified atom stereocenters. The van der Waals surface area contributed by atoms with Gasteiger partial charge in [-0.05, 0) is 18.2 Å². The van der Waals surface area contributed by atoms with Crippen molar-refractivity contribution in [1.29, 1.82) is 0 Å². The highest BCUT2D eigenvalue weighted by Crippen LogP contribution is 2.36. The highest BCUT2D eigenvalue weighted by Gasteiger charge is 2.14. The number of ether oxygens (including phenoxy) is 3. The number of aromatic nitrogens is 1. The van der Waals surface area contributed by atoms with E-state index in [0.717, 1.165) is 6.29 Å². The van der Waals surface area contributed by atoms with Crippen molar-refractivity contribution >= 4 is 6.29 Å². The number of carbonyl (C=O) groups is 1. The van der Waals surface area contributed by atoms with Crippen LogP contribution in [-0.4, -0.2) is 18.1 Å². The third-order valence-corrected chi connectivity index (χ3v) is 2.46. The topological polar surface area (TPSA) is 57.7 Å². The van der Waals surface area contributed by atoms with Gasteiger partial charge in [0.25, 0.3) is 0 Å². The van der Waals surface area contributed by atoms with Crippen molar-refractivity contribution in [3.05, 3.63) is 42.1 Å². The van der Waals surface area contributed by atoms with Crippen LogP contribution in [0.15, 0.2) is 36.5 Å². The largest absolute Gasteiger partial charge is 0.454 e. The molecule has 5 heteroatoms. The smallest absolute Gasteiger partial charge is 0.231 e. The van der Waals surface area contributed by atoms with Gasteiger partial charge in [0.2, 0.25) is 12.7 Å². The molecule has 1 aromatic heterocycles. The van der Waals surface area contributed by atoms with Crippen LogP contribution in [0.4, 0.5) is 0 Å². The quantitative estimate of drug-likeness (QED) is 0.775. The van der Waals surface area contributed by atoms with E-state index in [2.05, 4.69) is 4.98 Å². The summed E-state index contributed by atoms with van der Waals surface area (Å²) in [6.07, 6.45) is 2.19. The van der Waals surface area contributed by atoms with E-state index in [1.807, 2.05) is 0 Å². The van der Waals surface area contributed by atoms with Crippen LogP contribution in [0.2, 0.25) is 0 Å². The van der Waals surface area contributed by atoms with E-state index < -0.39 is 0 Å². The molecule has 1 aliphatic heterocycles. The molecule has 0 atom stereocenters. The molecular formula is C13H9NO4. The Morgan fingerprint density at radius 2 is 2.06 bits per heavy atom. The first-order chi connectivity index (χ1) is 8.85. The van der Waals surface area contributed by atoms with Gasteiger partial charge in [0.1, 0.15) is 5.75 Å². The second-order valence-electron chi connectivity index (χ2n) is 3.66. The van der Waals surface area contributed by atoms with Crippen molar-refractivity contribution in [2.45, 2.75) is 0 Å². The van der Waals surface area contributed by atoms with Gasteiger partial charge in [-0.3, -0.25) is 4.79 Å². The number of hydrogen-bond donors (Lipinski definition) is 0. The van der Waals surface area contributed by atoms with Crippen molar-refractivity contribution in [1.82, 2.24) is 4.98 Å². The molecule has 0 saturated carbocycles. The van der Waals surface area contributed by atoms with Gasteiger partial charge in [-0.2, -0.15) is 0 Å². The number of hydrogen-bond acceptors (Lipinski definition) is 5. The Hall–Kier alpha value is -2.56. The normalized spacial score (nSPS) is 12.2. The fraction of sp³-hybridized carbons (Fsp3) is 0.0769. The van der Waals surface area contributed by atoms with Crippen LogP contribution in [0.5, 0.6) is 23.1 Å². The minimum atomic E-state index is 0.227. The summed E-state index contributed by atoms with van der Waals surface area (Å²) in [6.45, 7) is 0.227. The third kappa shape index (κ3) is 1.98. The number of pyridine rings is 1. The van der Waals surface area contributed by atoms with Crippen LogP contribution >= 0.6 is 0 Å². The maximum absolute atomic E-state index is 10.5. The summed E-state index contributed by atoms with van der Waals surface area (Å²) in [4.78, 5) is 14.5. The molecule has 18 heavy (non-hydrogen) atoms. The summed E-state index contributed by atoms with van der Waals surface area (Å²) >= 11 is 0. The van der Waals surface area contributed by atoms with E-state index in [1.54, 1.807) is 30.3 Å². The Morgan fingerprint density at radius 3 is 2.83 bits per heavy atom. The Bertz CT molecular complexity index is 580. The highest BCUT2D eigenvalue weighted by atomic mass is 16.7. The molecule has 0 radical (unpaired) electrons. The van der Waals surface area contributed by atoms with Crippen LogP contribution < -0.4 is 14.2 Å². The summed E-state index contributed by atoms with van der Waals surface area (Å²) in [5, 5.41) is 0. The van der Waals surface area contributed by atoms with Crippen molar-refractivity contribution in [3.8, 4) is 23.1 Å². The summed E-state index contributed by atoms with van der Waals surface area (Å²) in [5.41, 5.74) is 0.507. The molecule has 0 spiro atoms. The number of benzene rings is 1. The fourth-order valence-electron chi connectivity index (χ4n) is 1.58. The number of nitrogens with zero attached hydrogens (tertiary/aromatic N) is 1. The molecule has 3 rings (SSSR count). The van der Waals surface area contributed by atoms with Crippen molar-refractivity contribution in [2.75, 3.05) is 6.79 Å². The number of carbonyl (C=O) groups excluding carboxylic acids is 1. The number of fused-ring (bicyclic) bond motifs is 1. The minimum absolute atomic E-state index is 0.227. The van der Waals surface area contributed by atoms with Crippen molar-refractivity contribution in [2.24, 2.45) is 0 Å². The van der Waals surface area contributed by atoms with Crippen LogP contribution in [0, 0.1) is 0 Å². The Labute approximate surface area is 103 Å². The lowest BCUT2D eigenvalue weighted by Crippen LogP contribution is -1.93. The summed E-state index contributed by atoms with van der Waals surface area (Å²) in [5.74, 6) is 2.37. The summed E-state index contributed by atoms with van der Waals surface area (Å²) in [7, 11) is 0.